The Kier molecular flexibility index (Phi) is 5.35. The molecule has 0 saturated heterocycles. The zero-order valence-electron chi connectivity index (χ0n) is 9.34. The zero-order valence-corrected chi connectivity index (χ0v) is 9.34. The van der Waals surface area contributed by atoms with E-state index in [1.807, 2.05) is 31.2 Å². The van der Waals surface area contributed by atoms with Gasteiger partial charge in [-0.05, 0) is 37.7 Å². The van der Waals surface area contributed by atoms with Crippen LogP contribution in [0.4, 0.5) is 0 Å². The summed E-state index contributed by atoms with van der Waals surface area (Å²) in [5, 5.41) is 3.15. The Labute approximate surface area is 91.6 Å². The smallest absolute Gasteiger partial charge is 0.119 e. The minimum absolute atomic E-state index is 0.700. The SMILES string of the molecule is CCNCC#Cc1ccc(OCC)cc1. The highest BCUT2D eigenvalue weighted by Crippen LogP contribution is 2.10. The Morgan fingerprint density at radius 2 is 1.93 bits per heavy atom. The Hall–Kier alpha value is -1.46. The van der Waals surface area contributed by atoms with Crippen molar-refractivity contribution in [1.82, 2.24) is 5.32 Å². The highest BCUT2D eigenvalue weighted by Gasteiger charge is 1.90. The van der Waals surface area contributed by atoms with Crippen molar-refractivity contribution in [1.29, 1.82) is 0 Å². The second kappa shape index (κ2) is 6.92. The van der Waals surface area contributed by atoms with Gasteiger partial charge in [0, 0.05) is 5.56 Å². The molecule has 15 heavy (non-hydrogen) atoms. The standard InChI is InChI=1S/C13H17NO/c1-3-14-11-5-6-12-7-9-13(10-8-12)15-4-2/h7-10,14H,3-4,11H2,1-2H3. The number of ether oxygens (including phenoxy) is 1. The molecule has 2 nitrogen and oxygen atoms in total. The van der Waals surface area contributed by atoms with Crippen LogP contribution in [0, 0.1) is 11.8 Å². The van der Waals surface area contributed by atoms with Crippen molar-refractivity contribution in [3.8, 4) is 17.6 Å². The average molecular weight is 203 g/mol. The molecule has 1 rings (SSSR count). The van der Waals surface area contributed by atoms with Gasteiger partial charge < -0.3 is 10.1 Å². The first-order chi connectivity index (χ1) is 7.36. The fourth-order valence-electron chi connectivity index (χ4n) is 1.13. The van der Waals surface area contributed by atoms with Gasteiger partial charge in [-0.25, -0.2) is 0 Å². The maximum absolute atomic E-state index is 5.34. The molecule has 0 heterocycles. The lowest BCUT2D eigenvalue weighted by atomic mass is 10.2. The van der Waals surface area contributed by atoms with E-state index in [4.69, 9.17) is 4.74 Å². The highest BCUT2D eigenvalue weighted by molar-refractivity contribution is 5.38. The topological polar surface area (TPSA) is 21.3 Å². The van der Waals surface area contributed by atoms with Crippen molar-refractivity contribution in [3.05, 3.63) is 29.8 Å². The number of hydrogen-bond acceptors (Lipinski definition) is 2. The van der Waals surface area contributed by atoms with E-state index >= 15 is 0 Å². The second-order valence-electron chi connectivity index (χ2n) is 3.04. The summed E-state index contributed by atoms with van der Waals surface area (Å²) < 4.78 is 5.34. The molecule has 2 heteroatoms. The molecule has 80 valence electrons. The van der Waals surface area contributed by atoms with Crippen LogP contribution in [0.1, 0.15) is 19.4 Å². The van der Waals surface area contributed by atoms with Gasteiger partial charge >= 0.3 is 0 Å². The van der Waals surface area contributed by atoms with Crippen LogP contribution >= 0.6 is 0 Å². The molecule has 0 unspecified atom stereocenters. The number of hydrogen-bond donors (Lipinski definition) is 1. The van der Waals surface area contributed by atoms with Gasteiger partial charge in [0.25, 0.3) is 0 Å². The largest absolute Gasteiger partial charge is 0.494 e. The first kappa shape index (κ1) is 11.6. The molecule has 0 aliphatic heterocycles. The highest BCUT2D eigenvalue weighted by atomic mass is 16.5. The molecule has 0 aliphatic carbocycles. The van der Waals surface area contributed by atoms with Crippen LogP contribution in [0.3, 0.4) is 0 Å². The predicted molar refractivity (Wildman–Crippen MR) is 63.0 cm³/mol. The zero-order chi connectivity index (χ0) is 10.9. The molecular weight excluding hydrogens is 186 g/mol. The molecule has 0 aliphatic rings. The quantitative estimate of drug-likeness (QED) is 0.597. The van der Waals surface area contributed by atoms with Crippen molar-refractivity contribution in [2.24, 2.45) is 0 Å². The molecule has 0 bridgehead atoms. The molecule has 0 aromatic heterocycles. The van der Waals surface area contributed by atoms with Crippen molar-refractivity contribution in [3.63, 3.8) is 0 Å². The van der Waals surface area contributed by atoms with Gasteiger partial charge in [0.15, 0.2) is 0 Å². The maximum Gasteiger partial charge on any atom is 0.119 e. The molecule has 0 spiro atoms. The molecule has 0 atom stereocenters. The predicted octanol–water partition coefficient (Wildman–Crippen LogP) is 2.05. The van der Waals surface area contributed by atoms with Gasteiger partial charge in [0.1, 0.15) is 5.75 Å². The van der Waals surface area contributed by atoms with Gasteiger partial charge in [-0.2, -0.15) is 0 Å². The van der Waals surface area contributed by atoms with E-state index in [0.717, 1.165) is 24.4 Å². The third kappa shape index (κ3) is 4.53. The summed E-state index contributed by atoms with van der Waals surface area (Å²) in [5.41, 5.74) is 1.02. The first-order valence-corrected chi connectivity index (χ1v) is 5.29. The van der Waals surface area contributed by atoms with E-state index in [9.17, 15) is 0 Å². The van der Waals surface area contributed by atoms with Crippen LogP contribution < -0.4 is 10.1 Å². The summed E-state index contributed by atoms with van der Waals surface area (Å²) in [6, 6.07) is 7.84. The number of nitrogens with one attached hydrogen (secondary N) is 1. The van der Waals surface area contributed by atoms with E-state index in [2.05, 4.69) is 24.1 Å². The normalized spacial score (nSPS) is 9.20. The number of rotatable bonds is 4. The summed E-state index contributed by atoms with van der Waals surface area (Å²) in [5.74, 6) is 7.03. The second-order valence-corrected chi connectivity index (χ2v) is 3.04. The van der Waals surface area contributed by atoms with E-state index in [-0.39, 0.29) is 0 Å². The summed E-state index contributed by atoms with van der Waals surface area (Å²) in [6.07, 6.45) is 0. The Morgan fingerprint density at radius 3 is 2.53 bits per heavy atom. The van der Waals surface area contributed by atoms with Crippen molar-refractivity contribution in [2.75, 3.05) is 19.7 Å². The van der Waals surface area contributed by atoms with Gasteiger partial charge in [-0.15, -0.1) is 0 Å². The monoisotopic (exact) mass is 203 g/mol. The molecule has 0 radical (unpaired) electrons. The molecule has 1 N–H and O–H groups in total. The van der Waals surface area contributed by atoms with Crippen molar-refractivity contribution in [2.45, 2.75) is 13.8 Å². The van der Waals surface area contributed by atoms with E-state index in [0.29, 0.717) is 6.61 Å². The molecule has 0 fully saturated rings. The molecule has 0 saturated carbocycles. The summed E-state index contributed by atoms with van der Waals surface area (Å²) in [7, 11) is 0. The van der Waals surface area contributed by atoms with E-state index < -0.39 is 0 Å². The lowest BCUT2D eigenvalue weighted by molar-refractivity contribution is 0.340. The Morgan fingerprint density at radius 1 is 1.20 bits per heavy atom. The fraction of sp³-hybridized carbons (Fsp3) is 0.385. The van der Waals surface area contributed by atoms with E-state index in [1.54, 1.807) is 0 Å². The van der Waals surface area contributed by atoms with Crippen LogP contribution in [0.15, 0.2) is 24.3 Å². The Bertz CT molecular complexity index is 332. The van der Waals surface area contributed by atoms with Crippen LogP contribution in [-0.4, -0.2) is 19.7 Å². The molecular formula is C13H17NO. The van der Waals surface area contributed by atoms with Crippen LogP contribution in [0.2, 0.25) is 0 Å². The third-order valence-corrected chi connectivity index (χ3v) is 1.86. The lowest BCUT2D eigenvalue weighted by Gasteiger charge is -2.01. The first-order valence-electron chi connectivity index (χ1n) is 5.29. The van der Waals surface area contributed by atoms with Crippen LogP contribution in [0.25, 0.3) is 0 Å². The van der Waals surface area contributed by atoms with Crippen LogP contribution in [-0.2, 0) is 0 Å². The molecule has 1 aromatic carbocycles. The summed E-state index contributed by atoms with van der Waals surface area (Å²) in [4.78, 5) is 0. The Balaban J connectivity index is 2.51. The maximum atomic E-state index is 5.34. The lowest BCUT2D eigenvalue weighted by Crippen LogP contribution is -2.11. The minimum atomic E-state index is 0.700. The van der Waals surface area contributed by atoms with Crippen molar-refractivity contribution >= 4 is 0 Å². The average Bonchev–Trinajstić information content (AvgIpc) is 2.27. The summed E-state index contributed by atoms with van der Waals surface area (Å²) >= 11 is 0. The summed E-state index contributed by atoms with van der Waals surface area (Å²) in [6.45, 7) is 6.44. The number of benzene rings is 1. The van der Waals surface area contributed by atoms with E-state index in [1.165, 1.54) is 0 Å². The molecule has 0 amide bonds. The van der Waals surface area contributed by atoms with Crippen LogP contribution in [0.5, 0.6) is 5.75 Å². The van der Waals surface area contributed by atoms with Crippen molar-refractivity contribution < 1.29 is 4.74 Å². The van der Waals surface area contributed by atoms with Gasteiger partial charge in [0.2, 0.25) is 0 Å². The molecule has 1 aromatic rings. The fourth-order valence-corrected chi connectivity index (χ4v) is 1.13. The minimum Gasteiger partial charge on any atom is -0.494 e. The van der Waals surface area contributed by atoms with Gasteiger partial charge in [0.05, 0.1) is 13.2 Å². The van der Waals surface area contributed by atoms with Gasteiger partial charge in [-0.3, -0.25) is 0 Å². The van der Waals surface area contributed by atoms with Gasteiger partial charge in [-0.1, -0.05) is 18.8 Å². The third-order valence-electron chi connectivity index (χ3n) is 1.86.